The van der Waals surface area contributed by atoms with Crippen molar-refractivity contribution in [3.05, 3.63) is 0 Å². The monoisotopic (exact) mass is 365 g/mol. The molecule has 0 spiro atoms. The SMILES string of the molecule is CCC1CCC(NC(=NC)NC2CCC2)CC1.I. The third-order valence-electron chi connectivity index (χ3n) is 4.43. The van der Waals surface area contributed by atoms with Crippen molar-refractivity contribution in [2.24, 2.45) is 10.9 Å². The average molecular weight is 365 g/mol. The van der Waals surface area contributed by atoms with Gasteiger partial charge in [0.1, 0.15) is 0 Å². The highest BCUT2D eigenvalue weighted by Gasteiger charge is 2.22. The van der Waals surface area contributed by atoms with Crippen LogP contribution in [0.2, 0.25) is 0 Å². The molecule has 0 saturated heterocycles. The van der Waals surface area contributed by atoms with E-state index in [2.05, 4.69) is 22.5 Å². The number of halogens is 1. The molecule has 0 aromatic rings. The van der Waals surface area contributed by atoms with Gasteiger partial charge in [0, 0.05) is 19.1 Å². The van der Waals surface area contributed by atoms with Gasteiger partial charge in [-0.1, -0.05) is 13.3 Å². The molecule has 2 fully saturated rings. The minimum absolute atomic E-state index is 0. The van der Waals surface area contributed by atoms with Gasteiger partial charge in [0.25, 0.3) is 0 Å². The van der Waals surface area contributed by atoms with Gasteiger partial charge in [0.2, 0.25) is 0 Å². The van der Waals surface area contributed by atoms with Crippen LogP contribution in [0.1, 0.15) is 58.3 Å². The van der Waals surface area contributed by atoms with Gasteiger partial charge >= 0.3 is 0 Å². The lowest BCUT2D eigenvalue weighted by molar-refractivity contribution is 0.301. The zero-order valence-electron chi connectivity index (χ0n) is 11.7. The molecule has 4 heteroatoms. The summed E-state index contributed by atoms with van der Waals surface area (Å²) in [5.74, 6) is 1.99. The van der Waals surface area contributed by atoms with Crippen LogP contribution in [-0.4, -0.2) is 25.1 Å². The fraction of sp³-hybridized carbons (Fsp3) is 0.929. The Morgan fingerprint density at radius 1 is 1.00 bits per heavy atom. The lowest BCUT2D eigenvalue weighted by atomic mass is 9.84. The summed E-state index contributed by atoms with van der Waals surface area (Å²) < 4.78 is 0. The van der Waals surface area contributed by atoms with Crippen LogP contribution in [0.25, 0.3) is 0 Å². The first-order chi connectivity index (χ1) is 8.31. The van der Waals surface area contributed by atoms with Crippen molar-refractivity contribution in [3.63, 3.8) is 0 Å². The number of aliphatic imine (C=N–C) groups is 1. The number of nitrogens with zero attached hydrogens (tertiary/aromatic N) is 1. The summed E-state index contributed by atoms with van der Waals surface area (Å²) in [5, 5.41) is 7.10. The Balaban J connectivity index is 0.00000162. The van der Waals surface area contributed by atoms with Crippen LogP contribution in [0.4, 0.5) is 0 Å². The van der Waals surface area contributed by atoms with Crippen LogP contribution < -0.4 is 10.6 Å². The zero-order chi connectivity index (χ0) is 12.1. The number of hydrogen-bond acceptors (Lipinski definition) is 1. The Morgan fingerprint density at radius 3 is 1.94 bits per heavy atom. The van der Waals surface area contributed by atoms with E-state index in [-0.39, 0.29) is 24.0 Å². The van der Waals surface area contributed by atoms with Crippen molar-refractivity contribution < 1.29 is 0 Å². The first-order valence-corrected chi connectivity index (χ1v) is 7.31. The zero-order valence-corrected chi connectivity index (χ0v) is 14.1. The molecular weight excluding hydrogens is 337 g/mol. The molecule has 0 unspecified atom stereocenters. The molecule has 2 aliphatic rings. The Morgan fingerprint density at radius 2 is 1.56 bits per heavy atom. The Bertz CT molecular complexity index is 256. The molecule has 0 atom stereocenters. The van der Waals surface area contributed by atoms with Crippen molar-refractivity contribution in [3.8, 4) is 0 Å². The smallest absolute Gasteiger partial charge is 0.191 e. The highest BCUT2D eigenvalue weighted by Crippen LogP contribution is 2.26. The minimum atomic E-state index is 0. The maximum atomic E-state index is 4.34. The maximum Gasteiger partial charge on any atom is 0.191 e. The number of rotatable bonds is 3. The van der Waals surface area contributed by atoms with Gasteiger partial charge < -0.3 is 10.6 Å². The Hall–Kier alpha value is 0. The van der Waals surface area contributed by atoms with Gasteiger partial charge in [-0.05, 0) is 50.9 Å². The molecule has 106 valence electrons. The second-order valence-corrected chi connectivity index (χ2v) is 5.61. The summed E-state index contributed by atoms with van der Waals surface area (Å²) in [5.41, 5.74) is 0. The van der Waals surface area contributed by atoms with E-state index in [1.165, 1.54) is 51.4 Å². The third kappa shape index (κ3) is 4.59. The first-order valence-electron chi connectivity index (χ1n) is 7.31. The standard InChI is InChI=1S/C14H27N3.HI/c1-3-11-7-9-13(10-8-11)17-14(15-2)16-12-5-4-6-12;/h11-13H,3-10H2,1-2H3,(H2,15,16,17);1H. The molecule has 0 bridgehead atoms. The highest BCUT2D eigenvalue weighted by atomic mass is 127. The molecule has 2 saturated carbocycles. The van der Waals surface area contributed by atoms with Crippen LogP contribution in [0.15, 0.2) is 4.99 Å². The van der Waals surface area contributed by atoms with E-state index in [1.54, 1.807) is 0 Å². The van der Waals surface area contributed by atoms with E-state index in [1.807, 2.05) is 7.05 Å². The molecular formula is C14H28IN3. The van der Waals surface area contributed by atoms with E-state index in [0.29, 0.717) is 12.1 Å². The van der Waals surface area contributed by atoms with Crippen LogP contribution in [0, 0.1) is 5.92 Å². The predicted molar refractivity (Wildman–Crippen MR) is 88.7 cm³/mol. The topological polar surface area (TPSA) is 36.4 Å². The third-order valence-corrected chi connectivity index (χ3v) is 4.43. The van der Waals surface area contributed by atoms with Crippen molar-refractivity contribution >= 4 is 29.9 Å². The molecule has 0 aromatic heterocycles. The molecule has 0 amide bonds. The van der Waals surface area contributed by atoms with E-state index >= 15 is 0 Å². The van der Waals surface area contributed by atoms with Gasteiger partial charge in [-0.2, -0.15) is 0 Å². The molecule has 0 aromatic carbocycles. The minimum Gasteiger partial charge on any atom is -0.354 e. The van der Waals surface area contributed by atoms with Crippen molar-refractivity contribution in [2.45, 2.75) is 70.4 Å². The van der Waals surface area contributed by atoms with Gasteiger partial charge in [-0.15, -0.1) is 24.0 Å². The summed E-state index contributed by atoms with van der Waals surface area (Å²) in [4.78, 5) is 4.34. The summed E-state index contributed by atoms with van der Waals surface area (Å²) in [6.07, 6.45) is 10.7. The summed E-state index contributed by atoms with van der Waals surface area (Å²) in [7, 11) is 1.88. The molecule has 0 radical (unpaired) electrons. The van der Waals surface area contributed by atoms with Crippen molar-refractivity contribution in [2.75, 3.05) is 7.05 Å². The molecule has 2 aliphatic carbocycles. The summed E-state index contributed by atoms with van der Waals surface area (Å²) >= 11 is 0. The molecule has 2 N–H and O–H groups in total. The van der Waals surface area contributed by atoms with E-state index in [4.69, 9.17) is 0 Å². The second-order valence-electron chi connectivity index (χ2n) is 5.61. The fourth-order valence-corrected chi connectivity index (χ4v) is 2.83. The fourth-order valence-electron chi connectivity index (χ4n) is 2.83. The van der Waals surface area contributed by atoms with E-state index < -0.39 is 0 Å². The van der Waals surface area contributed by atoms with Gasteiger partial charge in [-0.25, -0.2) is 0 Å². The van der Waals surface area contributed by atoms with Gasteiger partial charge in [0.05, 0.1) is 0 Å². The molecule has 18 heavy (non-hydrogen) atoms. The quantitative estimate of drug-likeness (QED) is 0.458. The molecule has 0 heterocycles. The Labute approximate surface area is 129 Å². The second kappa shape index (κ2) is 8.23. The summed E-state index contributed by atoms with van der Waals surface area (Å²) in [6, 6.07) is 1.32. The Kier molecular flexibility index (Phi) is 7.34. The predicted octanol–water partition coefficient (Wildman–Crippen LogP) is 3.29. The van der Waals surface area contributed by atoms with E-state index in [9.17, 15) is 0 Å². The van der Waals surface area contributed by atoms with Crippen molar-refractivity contribution in [1.29, 1.82) is 0 Å². The van der Waals surface area contributed by atoms with Crippen LogP contribution in [0.5, 0.6) is 0 Å². The normalized spacial score (nSPS) is 29.1. The molecule has 3 nitrogen and oxygen atoms in total. The first kappa shape index (κ1) is 16.1. The van der Waals surface area contributed by atoms with Gasteiger partial charge in [0.15, 0.2) is 5.96 Å². The maximum absolute atomic E-state index is 4.34. The highest BCUT2D eigenvalue weighted by molar-refractivity contribution is 14.0. The van der Waals surface area contributed by atoms with Crippen LogP contribution in [0.3, 0.4) is 0 Å². The molecule has 0 aliphatic heterocycles. The average Bonchev–Trinajstić information content (AvgIpc) is 2.33. The lowest BCUT2D eigenvalue weighted by Gasteiger charge is -2.32. The lowest BCUT2D eigenvalue weighted by Crippen LogP contribution is -2.50. The molecule has 2 rings (SSSR count). The number of nitrogens with one attached hydrogen (secondary N) is 2. The van der Waals surface area contributed by atoms with E-state index in [0.717, 1.165) is 11.9 Å². The number of guanidine groups is 1. The van der Waals surface area contributed by atoms with Crippen LogP contribution in [-0.2, 0) is 0 Å². The largest absolute Gasteiger partial charge is 0.354 e. The van der Waals surface area contributed by atoms with Crippen LogP contribution >= 0.6 is 24.0 Å². The van der Waals surface area contributed by atoms with Crippen molar-refractivity contribution in [1.82, 2.24) is 10.6 Å². The number of hydrogen-bond donors (Lipinski definition) is 2. The van der Waals surface area contributed by atoms with Gasteiger partial charge in [-0.3, -0.25) is 4.99 Å². The summed E-state index contributed by atoms with van der Waals surface area (Å²) in [6.45, 7) is 2.31.